The van der Waals surface area contributed by atoms with Crippen LogP contribution in [0.5, 0.6) is 0 Å². The van der Waals surface area contributed by atoms with Gasteiger partial charge < -0.3 is 9.84 Å². The van der Waals surface area contributed by atoms with Crippen LogP contribution in [-0.2, 0) is 13.1 Å². The molecule has 1 aromatic heterocycles. The number of hydrogen-bond acceptors (Lipinski definition) is 4. The average Bonchev–Trinajstić information content (AvgIpc) is 2.79. The van der Waals surface area contributed by atoms with Crippen LogP contribution >= 0.6 is 0 Å². The number of nitrogens with one attached hydrogen (secondary N) is 1. The highest BCUT2D eigenvalue weighted by Crippen LogP contribution is 2.13. The van der Waals surface area contributed by atoms with E-state index in [4.69, 9.17) is 4.52 Å². The van der Waals surface area contributed by atoms with Crippen LogP contribution < -0.4 is 5.32 Å². The summed E-state index contributed by atoms with van der Waals surface area (Å²) in [5.74, 6) is 1.63. The minimum Gasteiger partial charge on any atom is -0.360 e. The molecule has 0 amide bonds. The van der Waals surface area contributed by atoms with E-state index in [0.717, 1.165) is 50.6 Å². The molecule has 0 bridgehead atoms. The first-order chi connectivity index (χ1) is 9.13. The molecular formula is C15H25N3O. The van der Waals surface area contributed by atoms with Crippen LogP contribution in [-0.4, -0.2) is 29.7 Å². The maximum atomic E-state index is 5.40. The van der Waals surface area contributed by atoms with Crippen LogP contribution in [0.1, 0.15) is 38.6 Å². The molecule has 0 saturated heterocycles. The summed E-state index contributed by atoms with van der Waals surface area (Å²) in [6, 6.07) is 2.07. The quantitative estimate of drug-likeness (QED) is 0.801. The zero-order valence-electron chi connectivity index (χ0n) is 12.3. The predicted molar refractivity (Wildman–Crippen MR) is 76.7 cm³/mol. The second-order valence-electron chi connectivity index (χ2n) is 5.84. The van der Waals surface area contributed by atoms with Crippen molar-refractivity contribution in [2.75, 3.05) is 19.6 Å². The summed E-state index contributed by atoms with van der Waals surface area (Å²) in [6.07, 6.45) is 3.46. The number of nitrogens with zero attached hydrogens (tertiary/aromatic N) is 2. The molecule has 4 heteroatoms. The van der Waals surface area contributed by atoms with Crippen molar-refractivity contribution in [2.24, 2.45) is 5.92 Å². The van der Waals surface area contributed by atoms with Crippen molar-refractivity contribution in [2.45, 2.75) is 40.3 Å². The van der Waals surface area contributed by atoms with Gasteiger partial charge in [-0.1, -0.05) is 30.7 Å². The highest BCUT2D eigenvalue weighted by Gasteiger charge is 2.12. The van der Waals surface area contributed by atoms with Gasteiger partial charge in [0.25, 0.3) is 0 Å². The second-order valence-corrected chi connectivity index (χ2v) is 5.84. The first-order valence-corrected chi connectivity index (χ1v) is 7.16. The smallest absolute Gasteiger partial charge is 0.151 e. The van der Waals surface area contributed by atoms with E-state index >= 15 is 0 Å². The monoisotopic (exact) mass is 263 g/mol. The Morgan fingerprint density at radius 1 is 1.47 bits per heavy atom. The summed E-state index contributed by atoms with van der Waals surface area (Å²) in [7, 11) is 0. The molecule has 1 aliphatic rings. The average molecular weight is 263 g/mol. The van der Waals surface area contributed by atoms with Gasteiger partial charge in [-0.2, -0.15) is 0 Å². The van der Waals surface area contributed by atoms with Gasteiger partial charge in [-0.05, 0) is 25.8 Å². The maximum absolute atomic E-state index is 5.40. The molecule has 0 atom stereocenters. The van der Waals surface area contributed by atoms with Crippen LogP contribution in [0.3, 0.4) is 0 Å². The zero-order chi connectivity index (χ0) is 13.7. The van der Waals surface area contributed by atoms with Gasteiger partial charge in [0, 0.05) is 25.7 Å². The standard InChI is InChI=1S/C15H25N3O/c1-12(2)9-16-10-14-8-15(19-17-14)11-18-6-4-13(3)5-7-18/h4,8,12,16H,5-7,9-11H2,1-3H3. The largest absolute Gasteiger partial charge is 0.360 e. The molecule has 1 aromatic rings. The van der Waals surface area contributed by atoms with Gasteiger partial charge in [-0.15, -0.1) is 0 Å². The number of aromatic nitrogens is 1. The van der Waals surface area contributed by atoms with E-state index in [1.807, 2.05) is 0 Å². The molecule has 4 nitrogen and oxygen atoms in total. The van der Waals surface area contributed by atoms with Crippen molar-refractivity contribution in [3.05, 3.63) is 29.2 Å². The molecule has 2 rings (SSSR count). The lowest BCUT2D eigenvalue weighted by Crippen LogP contribution is -2.27. The van der Waals surface area contributed by atoms with Crippen molar-refractivity contribution in [1.82, 2.24) is 15.4 Å². The predicted octanol–water partition coefficient (Wildman–Crippen LogP) is 2.57. The van der Waals surface area contributed by atoms with E-state index in [-0.39, 0.29) is 0 Å². The second kappa shape index (κ2) is 6.87. The highest BCUT2D eigenvalue weighted by molar-refractivity contribution is 5.08. The number of rotatable bonds is 6. The lowest BCUT2D eigenvalue weighted by molar-refractivity contribution is 0.245. The third-order valence-electron chi connectivity index (χ3n) is 3.37. The normalized spacial score (nSPS) is 16.9. The van der Waals surface area contributed by atoms with Crippen molar-refractivity contribution >= 4 is 0 Å². The molecule has 1 aliphatic heterocycles. The molecule has 0 aromatic carbocycles. The first kappa shape index (κ1) is 14.3. The van der Waals surface area contributed by atoms with Gasteiger partial charge in [0.05, 0.1) is 12.2 Å². The molecule has 1 N–H and O–H groups in total. The Balaban J connectivity index is 1.77. The van der Waals surface area contributed by atoms with Gasteiger partial charge in [-0.25, -0.2) is 0 Å². The summed E-state index contributed by atoms with van der Waals surface area (Å²) in [6.45, 7) is 11.4. The van der Waals surface area contributed by atoms with Gasteiger partial charge in [0.15, 0.2) is 5.76 Å². The Morgan fingerprint density at radius 3 is 3.00 bits per heavy atom. The van der Waals surface area contributed by atoms with E-state index in [1.165, 1.54) is 5.57 Å². The molecule has 0 radical (unpaired) electrons. The lowest BCUT2D eigenvalue weighted by atomic mass is 10.1. The summed E-state index contributed by atoms with van der Waals surface area (Å²) >= 11 is 0. The molecule has 0 unspecified atom stereocenters. The summed E-state index contributed by atoms with van der Waals surface area (Å²) in [5.41, 5.74) is 2.49. The Kier molecular flexibility index (Phi) is 5.16. The Morgan fingerprint density at radius 2 is 2.32 bits per heavy atom. The summed E-state index contributed by atoms with van der Waals surface area (Å²) in [5, 5.41) is 7.49. The van der Waals surface area contributed by atoms with Gasteiger partial charge in [-0.3, -0.25) is 4.90 Å². The van der Waals surface area contributed by atoms with Gasteiger partial charge in [0.2, 0.25) is 0 Å². The molecule has 2 heterocycles. The third-order valence-corrected chi connectivity index (χ3v) is 3.37. The van der Waals surface area contributed by atoms with Crippen molar-refractivity contribution in [3.63, 3.8) is 0 Å². The van der Waals surface area contributed by atoms with Crippen LogP contribution in [0, 0.1) is 5.92 Å². The topological polar surface area (TPSA) is 41.3 Å². The molecule has 106 valence electrons. The SMILES string of the molecule is CC1=CCN(Cc2cc(CNCC(C)C)no2)CC1. The maximum Gasteiger partial charge on any atom is 0.151 e. The first-order valence-electron chi connectivity index (χ1n) is 7.16. The van der Waals surface area contributed by atoms with E-state index in [0.29, 0.717) is 5.92 Å². The highest BCUT2D eigenvalue weighted by atomic mass is 16.5. The van der Waals surface area contributed by atoms with Crippen LogP contribution in [0.2, 0.25) is 0 Å². The fraction of sp³-hybridized carbons (Fsp3) is 0.667. The van der Waals surface area contributed by atoms with Crippen LogP contribution in [0.15, 0.2) is 22.2 Å². The molecule has 0 fully saturated rings. The molecule has 0 spiro atoms. The minimum absolute atomic E-state index is 0.662. The van der Waals surface area contributed by atoms with Gasteiger partial charge >= 0.3 is 0 Å². The summed E-state index contributed by atoms with van der Waals surface area (Å²) in [4.78, 5) is 2.39. The number of hydrogen-bond donors (Lipinski definition) is 1. The molecule has 0 saturated carbocycles. The lowest BCUT2D eigenvalue weighted by Gasteiger charge is -2.23. The van der Waals surface area contributed by atoms with Crippen molar-refractivity contribution < 1.29 is 4.52 Å². The zero-order valence-corrected chi connectivity index (χ0v) is 12.3. The summed E-state index contributed by atoms with van der Waals surface area (Å²) < 4.78 is 5.40. The Hall–Kier alpha value is -1.13. The van der Waals surface area contributed by atoms with E-state index in [9.17, 15) is 0 Å². The Bertz CT molecular complexity index is 423. The van der Waals surface area contributed by atoms with E-state index < -0.39 is 0 Å². The minimum atomic E-state index is 0.662. The van der Waals surface area contributed by atoms with Crippen LogP contribution in [0.25, 0.3) is 0 Å². The molecule has 19 heavy (non-hydrogen) atoms. The van der Waals surface area contributed by atoms with E-state index in [1.54, 1.807) is 0 Å². The van der Waals surface area contributed by atoms with Crippen molar-refractivity contribution in [1.29, 1.82) is 0 Å². The third kappa shape index (κ3) is 4.80. The fourth-order valence-corrected chi connectivity index (χ4v) is 2.18. The van der Waals surface area contributed by atoms with Crippen molar-refractivity contribution in [3.8, 4) is 0 Å². The van der Waals surface area contributed by atoms with Crippen LogP contribution in [0.4, 0.5) is 0 Å². The van der Waals surface area contributed by atoms with E-state index in [2.05, 4.69) is 48.3 Å². The molecule has 0 aliphatic carbocycles. The fourth-order valence-electron chi connectivity index (χ4n) is 2.18. The Labute approximate surface area is 115 Å². The van der Waals surface area contributed by atoms with Gasteiger partial charge in [0.1, 0.15) is 0 Å². The molecular weight excluding hydrogens is 238 g/mol.